The van der Waals surface area contributed by atoms with Crippen molar-refractivity contribution >= 4 is 17.2 Å². The summed E-state index contributed by atoms with van der Waals surface area (Å²) in [7, 11) is 0. The van der Waals surface area contributed by atoms with E-state index in [9.17, 15) is 17.6 Å². The molecule has 1 aliphatic rings. The van der Waals surface area contributed by atoms with E-state index in [4.69, 9.17) is 17.3 Å². The van der Waals surface area contributed by atoms with Crippen molar-refractivity contribution in [2.45, 2.75) is 25.6 Å². The molecule has 0 heterocycles. The molecule has 0 radical (unpaired) electrons. The van der Waals surface area contributed by atoms with E-state index < -0.39 is 18.0 Å². The van der Waals surface area contributed by atoms with E-state index in [1.54, 1.807) is 0 Å². The Morgan fingerprint density at radius 1 is 1.33 bits per heavy atom. The summed E-state index contributed by atoms with van der Waals surface area (Å²) in [6.07, 6.45) is -4.50. The number of benzene rings is 1. The number of alkyl halides is 3. The quantitative estimate of drug-likeness (QED) is 0.780. The SMILES string of the molecule is CC1=C(C(N)C(F)(F)F)Cc2c(Cl)cc(F)cc21. The maximum absolute atomic E-state index is 13.2. The van der Waals surface area contributed by atoms with Crippen LogP contribution in [0.15, 0.2) is 17.7 Å². The third kappa shape index (κ3) is 2.12. The molecule has 1 aromatic carbocycles. The molecule has 1 unspecified atom stereocenters. The van der Waals surface area contributed by atoms with Crippen LogP contribution >= 0.6 is 11.6 Å². The molecule has 1 atom stereocenters. The zero-order chi connectivity index (χ0) is 13.7. The molecule has 0 saturated carbocycles. The Hall–Kier alpha value is -1.07. The lowest BCUT2D eigenvalue weighted by Crippen LogP contribution is -2.39. The van der Waals surface area contributed by atoms with Crippen LogP contribution in [0.2, 0.25) is 5.02 Å². The predicted octanol–water partition coefficient (Wildman–Crippen LogP) is 3.70. The summed E-state index contributed by atoms with van der Waals surface area (Å²) in [5.74, 6) is -0.570. The third-order valence-electron chi connectivity index (χ3n) is 3.14. The zero-order valence-corrected chi connectivity index (χ0v) is 10.2. The average molecular weight is 280 g/mol. The molecule has 18 heavy (non-hydrogen) atoms. The van der Waals surface area contributed by atoms with Crippen molar-refractivity contribution in [1.82, 2.24) is 0 Å². The third-order valence-corrected chi connectivity index (χ3v) is 3.48. The Morgan fingerprint density at radius 3 is 2.50 bits per heavy atom. The van der Waals surface area contributed by atoms with Crippen molar-refractivity contribution in [2.75, 3.05) is 0 Å². The van der Waals surface area contributed by atoms with Crippen LogP contribution in [0, 0.1) is 5.82 Å². The van der Waals surface area contributed by atoms with Gasteiger partial charge in [0.1, 0.15) is 11.9 Å². The Kier molecular flexibility index (Phi) is 3.15. The number of fused-ring (bicyclic) bond motifs is 1. The first kappa shape index (κ1) is 13.4. The van der Waals surface area contributed by atoms with Gasteiger partial charge in [-0.2, -0.15) is 13.2 Å². The largest absolute Gasteiger partial charge is 0.407 e. The van der Waals surface area contributed by atoms with Gasteiger partial charge in [0.05, 0.1) is 0 Å². The first-order chi connectivity index (χ1) is 8.21. The van der Waals surface area contributed by atoms with E-state index in [2.05, 4.69) is 0 Å². The fraction of sp³-hybridized carbons (Fsp3) is 0.333. The van der Waals surface area contributed by atoms with Crippen molar-refractivity contribution in [3.63, 3.8) is 0 Å². The lowest BCUT2D eigenvalue weighted by molar-refractivity contribution is -0.139. The van der Waals surface area contributed by atoms with Crippen LogP contribution in [-0.4, -0.2) is 12.2 Å². The second kappa shape index (κ2) is 4.24. The number of hydrogen-bond acceptors (Lipinski definition) is 1. The summed E-state index contributed by atoms with van der Waals surface area (Å²) < 4.78 is 51.0. The highest BCUT2D eigenvalue weighted by molar-refractivity contribution is 6.31. The van der Waals surface area contributed by atoms with E-state index in [1.807, 2.05) is 0 Å². The molecular formula is C12H10ClF4N. The minimum Gasteiger partial charge on any atom is -0.317 e. The van der Waals surface area contributed by atoms with Crippen LogP contribution in [0.3, 0.4) is 0 Å². The fourth-order valence-electron chi connectivity index (χ4n) is 2.15. The van der Waals surface area contributed by atoms with E-state index in [-0.39, 0.29) is 17.0 Å². The van der Waals surface area contributed by atoms with Gasteiger partial charge in [0.15, 0.2) is 0 Å². The molecule has 0 fully saturated rings. The second-order valence-corrected chi connectivity index (χ2v) is 4.67. The smallest absolute Gasteiger partial charge is 0.317 e. The highest BCUT2D eigenvalue weighted by Crippen LogP contribution is 2.40. The molecule has 1 aliphatic carbocycles. The standard InChI is InChI=1S/C12H10ClF4N/c1-5-7-2-6(14)3-10(13)9(7)4-8(5)11(18)12(15,16)17/h2-3,11H,4,18H2,1H3. The van der Waals surface area contributed by atoms with Gasteiger partial charge in [0.25, 0.3) is 0 Å². The molecule has 6 heteroatoms. The summed E-state index contributed by atoms with van der Waals surface area (Å²) in [5, 5.41) is 0.133. The molecule has 0 saturated heterocycles. The van der Waals surface area contributed by atoms with E-state index in [1.165, 1.54) is 13.0 Å². The number of halogens is 5. The molecule has 0 bridgehead atoms. The molecule has 1 aromatic rings. The summed E-state index contributed by atoms with van der Waals surface area (Å²) in [6, 6.07) is 0.242. The molecule has 2 N–H and O–H groups in total. The van der Waals surface area contributed by atoms with Gasteiger partial charge in [0, 0.05) is 5.02 Å². The summed E-state index contributed by atoms with van der Waals surface area (Å²) in [4.78, 5) is 0. The van der Waals surface area contributed by atoms with Crippen molar-refractivity contribution < 1.29 is 17.6 Å². The first-order valence-corrected chi connectivity index (χ1v) is 5.60. The highest BCUT2D eigenvalue weighted by atomic mass is 35.5. The van der Waals surface area contributed by atoms with Gasteiger partial charge in [-0.25, -0.2) is 4.39 Å². The fourth-order valence-corrected chi connectivity index (χ4v) is 2.43. The van der Waals surface area contributed by atoms with Gasteiger partial charge >= 0.3 is 6.18 Å². The maximum atomic E-state index is 13.2. The first-order valence-electron chi connectivity index (χ1n) is 5.22. The van der Waals surface area contributed by atoms with Gasteiger partial charge in [-0.3, -0.25) is 0 Å². The van der Waals surface area contributed by atoms with Gasteiger partial charge in [-0.05, 0) is 47.8 Å². The molecule has 0 amide bonds. The molecular weight excluding hydrogens is 270 g/mol. The minimum absolute atomic E-state index is 0.0148. The summed E-state index contributed by atoms with van der Waals surface area (Å²) >= 11 is 5.84. The monoisotopic (exact) mass is 279 g/mol. The number of rotatable bonds is 1. The Balaban J connectivity index is 2.48. The number of nitrogens with two attached hydrogens (primary N) is 1. The molecule has 0 aliphatic heterocycles. The van der Waals surface area contributed by atoms with Crippen molar-refractivity contribution in [1.29, 1.82) is 0 Å². The average Bonchev–Trinajstić information content (AvgIpc) is 2.54. The second-order valence-electron chi connectivity index (χ2n) is 4.26. The van der Waals surface area contributed by atoms with Crippen LogP contribution in [0.1, 0.15) is 18.1 Å². The molecule has 0 aromatic heterocycles. The Morgan fingerprint density at radius 2 is 1.94 bits per heavy atom. The van der Waals surface area contributed by atoms with E-state index >= 15 is 0 Å². The van der Waals surface area contributed by atoms with E-state index in [0.29, 0.717) is 16.7 Å². The lowest BCUT2D eigenvalue weighted by atomic mass is 10.0. The molecule has 98 valence electrons. The Labute approximate surface area is 106 Å². The normalized spacial score (nSPS) is 17.1. The maximum Gasteiger partial charge on any atom is 0.407 e. The highest BCUT2D eigenvalue weighted by Gasteiger charge is 2.41. The minimum atomic E-state index is -4.51. The number of allylic oxidation sites excluding steroid dienone is 1. The van der Waals surface area contributed by atoms with Crippen molar-refractivity contribution in [3.8, 4) is 0 Å². The summed E-state index contributed by atoms with van der Waals surface area (Å²) in [5.41, 5.74) is 6.51. The molecule has 1 nitrogen and oxygen atoms in total. The van der Waals surface area contributed by atoms with Gasteiger partial charge in [0.2, 0.25) is 0 Å². The van der Waals surface area contributed by atoms with Crippen LogP contribution in [0.5, 0.6) is 0 Å². The van der Waals surface area contributed by atoms with Crippen LogP contribution in [0.25, 0.3) is 5.57 Å². The lowest BCUT2D eigenvalue weighted by Gasteiger charge is -2.17. The summed E-state index contributed by atoms with van der Waals surface area (Å²) in [6.45, 7) is 1.50. The Bertz CT molecular complexity index is 534. The molecule has 2 rings (SSSR count). The predicted molar refractivity (Wildman–Crippen MR) is 61.7 cm³/mol. The number of hydrogen-bond donors (Lipinski definition) is 1. The van der Waals surface area contributed by atoms with Crippen LogP contribution in [0.4, 0.5) is 17.6 Å². The van der Waals surface area contributed by atoms with Crippen molar-refractivity contribution in [3.05, 3.63) is 39.7 Å². The van der Waals surface area contributed by atoms with Crippen LogP contribution < -0.4 is 5.73 Å². The van der Waals surface area contributed by atoms with Crippen LogP contribution in [-0.2, 0) is 6.42 Å². The topological polar surface area (TPSA) is 26.0 Å². The molecule has 0 spiro atoms. The zero-order valence-electron chi connectivity index (χ0n) is 9.41. The van der Waals surface area contributed by atoms with Gasteiger partial charge in [-0.1, -0.05) is 11.6 Å². The van der Waals surface area contributed by atoms with E-state index in [0.717, 1.165) is 6.07 Å². The van der Waals surface area contributed by atoms with Gasteiger partial charge < -0.3 is 5.73 Å². The van der Waals surface area contributed by atoms with Gasteiger partial charge in [-0.15, -0.1) is 0 Å². The van der Waals surface area contributed by atoms with Crippen molar-refractivity contribution in [2.24, 2.45) is 5.73 Å².